The molecule has 0 aromatic heterocycles. The van der Waals surface area contributed by atoms with Crippen molar-refractivity contribution in [3.05, 3.63) is 70.8 Å². The van der Waals surface area contributed by atoms with Crippen LogP contribution in [0.4, 0.5) is 22.0 Å². The number of hydrogen-bond acceptors (Lipinski definition) is 4. The fourth-order valence-corrected chi connectivity index (χ4v) is 5.26. The van der Waals surface area contributed by atoms with Crippen LogP contribution in [0, 0.1) is 11.6 Å². The Hall–Kier alpha value is -3.01. The quantitative estimate of drug-likeness (QED) is 0.406. The molecule has 2 fully saturated rings. The number of benzene rings is 2. The third-order valence-electron chi connectivity index (χ3n) is 7.65. The number of carbonyl (C=O) groups is 2. The summed E-state index contributed by atoms with van der Waals surface area (Å²) in [6, 6.07) is 7.47. The van der Waals surface area contributed by atoms with E-state index < -0.39 is 34.8 Å². The Bertz CT molecular complexity index is 1170. The first-order chi connectivity index (χ1) is 17.3. The van der Waals surface area contributed by atoms with Crippen molar-refractivity contribution in [2.75, 3.05) is 7.11 Å². The van der Waals surface area contributed by atoms with Gasteiger partial charge in [0.25, 0.3) is 5.91 Å². The fraction of sp³-hybridized carbons (Fsp3) is 0.481. The predicted octanol–water partition coefficient (Wildman–Crippen LogP) is 5.39. The molecule has 4 rings (SSSR count). The minimum atomic E-state index is -4.88. The minimum absolute atomic E-state index is 0.0383. The van der Waals surface area contributed by atoms with Gasteiger partial charge in [0.15, 0.2) is 5.60 Å². The lowest BCUT2D eigenvalue weighted by Crippen LogP contribution is -2.49. The third-order valence-corrected chi connectivity index (χ3v) is 7.65. The molecule has 0 spiro atoms. The highest BCUT2D eigenvalue weighted by atomic mass is 19.4. The summed E-state index contributed by atoms with van der Waals surface area (Å²) < 4.78 is 72.7. The molecule has 37 heavy (non-hydrogen) atoms. The number of aliphatic hydroxyl groups is 1. The van der Waals surface area contributed by atoms with Gasteiger partial charge in [-0.15, -0.1) is 0 Å². The average molecular weight is 526 g/mol. The molecule has 2 aliphatic carbocycles. The maximum absolute atomic E-state index is 14.7. The molecule has 1 atom stereocenters. The van der Waals surface area contributed by atoms with Gasteiger partial charge in [0.1, 0.15) is 11.6 Å². The number of nitrogens with zero attached hydrogens (tertiary/aromatic N) is 1. The number of carbonyl (C=O) groups excluding carboxylic acids is 2. The van der Waals surface area contributed by atoms with Gasteiger partial charge in [0.2, 0.25) is 0 Å². The smallest absolute Gasteiger partial charge is 0.421 e. The van der Waals surface area contributed by atoms with E-state index in [1.165, 1.54) is 25.3 Å². The second-order valence-corrected chi connectivity index (χ2v) is 10.0. The standard InChI is InChI=1S/C27H28F5NO4/c1-25(36,27(30,31)32)17-5-3-16(4-6-17)23(34)33(19-8-9-19)20-11-13-26(14-12-20,24(35)37-2)21-10-7-18(28)15-22(21)29/h3-7,10,15,19-20,36H,8-9,11-14H2,1-2H3/t20?,25-,26?/m0/s1. The van der Waals surface area contributed by atoms with E-state index in [-0.39, 0.29) is 47.5 Å². The van der Waals surface area contributed by atoms with Gasteiger partial charge in [0, 0.05) is 29.3 Å². The SMILES string of the molecule is COC(=O)C1(c2ccc(F)cc2F)CCC(N(C(=O)c2ccc([C@](C)(O)C(F)(F)F)cc2)C2CC2)CC1. The molecule has 0 unspecified atom stereocenters. The average Bonchev–Trinajstić information content (AvgIpc) is 3.69. The van der Waals surface area contributed by atoms with Gasteiger partial charge in [-0.2, -0.15) is 13.2 Å². The zero-order valence-corrected chi connectivity index (χ0v) is 20.4. The van der Waals surface area contributed by atoms with Crippen LogP contribution in [0.2, 0.25) is 0 Å². The van der Waals surface area contributed by atoms with Crippen LogP contribution < -0.4 is 0 Å². The monoisotopic (exact) mass is 525 g/mol. The summed E-state index contributed by atoms with van der Waals surface area (Å²) in [7, 11) is 1.21. The molecule has 2 aliphatic rings. The highest BCUT2D eigenvalue weighted by Gasteiger charge is 2.51. The first-order valence-corrected chi connectivity index (χ1v) is 12.1. The lowest BCUT2D eigenvalue weighted by molar-refractivity contribution is -0.258. The van der Waals surface area contributed by atoms with Crippen molar-refractivity contribution < 1.29 is 41.4 Å². The van der Waals surface area contributed by atoms with Gasteiger partial charge in [-0.05, 0) is 69.2 Å². The number of esters is 1. The molecule has 0 heterocycles. The zero-order valence-electron chi connectivity index (χ0n) is 20.4. The topological polar surface area (TPSA) is 66.8 Å². The first kappa shape index (κ1) is 27.0. The van der Waals surface area contributed by atoms with Crippen molar-refractivity contribution in [3.63, 3.8) is 0 Å². The highest BCUT2D eigenvalue weighted by Crippen LogP contribution is 2.45. The number of halogens is 5. The largest absolute Gasteiger partial charge is 0.468 e. The summed E-state index contributed by atoms with van der Waals surface area (Å²) in [6.45, 7) is 0.653. The number of amides is 1. The maximum Gasteiger partial charge on any atom is 0.421 e. The van der Waals surface area contributed by atoms with E-state index in [1.807, 2.05) is 0 Å². The van der Waals surface area contributed by atoms with Crippen LogP contribution >= 0.6 is 0 Å². The number of rotatable bonds is 6. The Morgan fingerprint density at radius 1 is 0.973 bits per heavy atom. The summed E-state index contributed by atoms with van der Waals surface area (Å²) in [4.78, 5) is 28.0. The van der Waals surface area contributed by atoms with E-state index in [0.717, 1.165) is 37.1 Å². The molecule has 1 amide bonds. The lowest BCUT2D eigenvalue weighted by atomic mass is 9.67. The Labute approximate surface area is 211 Å². The molecule has 5 nitrogen and oxygen atoms in total. The van der Waals surface area contributed by atoms with Crippen LogP contribution in [0.25, 0.3) is 0 Å². The molecule has 0 bridgehead atoms. The summed E-state index contributed by atoms with van der Waals surface area (Å²) in [5.41, 5.74) is -4.51. The summed E-state index contributed by atoms with van der Waals surface area (Å²) in [6.07, 6.45) is -2.26. The Kier molecular flexibility index (Phi) is 7.09. The molecule has 2 aromatic carbocycles. The second-order valence-electron chi connectivity index (χ2n) is 10.0. The molecule has 2 saturated carbocycles. The number of methoxy groups -OCH3 is 1. The molecular weight excluding hydrogens is 497 g/mol. The molecule has 0 saturated heterocycles. The lowest BCUT2D eigenvalue weighted by Gasteiger charge is -2.42. The van der Waals surface area contributed by atoms with Crippen molar-refractivity contribution in [3.8, 4) is 0 Å². The van der Waals surface area contributed by atoms with Crippen LogP contribution in [-0.2, 0) is 20.5 Å². The van der Waals surface area contributed by atoms with Crippen LogP contribution in [0.1, 0.15) is 66.9 Å². The Morgan fingerprint density at radius 2 is 1.54 bits per heavy atom. The van der Waals surface area contributed by atoms with E-state index >= 15 is 0 Å². The van der Waals surface area contributed by atoms with Crippen LogP contribution in [-0.4, -0.2) is 47.3 Å². The van der Waals surface area contributed by atoms with Crippen molar-refractivity contribution in [2.45, 2.75) is 74.7 Å². The van der Waals surface area contributed by atoms with E-state index in [1.54, 1.807) is 4.90 Å². The van der Waals surface area contributed by atoms with E-state index in [2.05, 4.69) is 0 Å². The van der Waals surface area contributed by atoms with Crippen molar-refractivity contribution in [1.82, 2.24) is 4.90 Å². The minimum Gasteiger partial charge on any atom is -0.468 e. The van der Waals surface area contributed by atoms with E-state index in [4.69, 9.17) is 4.74 Å². The zero-order chi connectivity index (χ0) is 27.2. The summed E-state index contributed by atoms with van der Waals surface area (Å²) in [5, 5.41) is 9.90. The molecule has 200 valence electrons. The first-order valence-electron chi connectivity index (χ1n) is 12.1. The Balaban J connectivity index is 1.56. The number of hydrogen-bond donors (Lipinski definition) is 1. The molecule has 0 aliphatic heterocycles. The summed E-state index contributed by atoms with van der Waals surface area (Å²) in [5.74, 6) is -2.59. The molecule has 0 radical (unpaired) electrons. The number of ether oxygens (including phenoxy) is 1. The van der Waals surface area contributed by atoms with Gasteiger partial charge >= 0.3 is 12.1 Å². The highest BCUT2D eigenvalue weighted by molar-refractivity contribution is 5.95. The van der Waals surface area contributed by atoms with Crippen LogP contribution in [0.5, 0.6) is 0 Å². The second kappa shape index (κ2) is 9.70. The van der Waals surface area contributed by atoms with E-state index in [0.29, 0.717) is 19.8 Å². The molecule has 2 aromatic rings. The van der Waals surface area contributed by atoms with E-state index in [9.17, 15) is 36.6 Å². The van der Waals surface area contributed by atoms with Gasteiger partial charge in [-0.1, -0.05) is 18.2 Å². The van der Waals surface area contributed by atoms with Gasteiger partial charge in [-0.3, -0.25) is 9.59 Å². The summed E-state index contributed by atoms with van der Waals surface area (Å²) >= 11 is 0. The van der Waals surface area contributed by atoms with Crippen molar-refractivity contribution >= 4 is 11.9 Å². The van der Waals surface area contributed by atoms with Gasteiger partial charge < -0.3 is 14.7 Å². The molecule has 1 N–H and O–H groups in total. The van der Waals surface area contributed by atoms with Crippen molar-refractivity contribution in [1.29, 1.82) is 0 Å². The predicted molar refractivity (Wildman–Crippen MR) is 124 cm³/mol. The third kappa shape index (κ3) is 4.95. The van der Waals surface area contributed by atoms with Gasteiger partial charge in [0.05, 0.1) is 12.5 Å². The van der Waals surface area contributed by atoms with Crippen molar-refractivity contribution in [2.24, 2.45) is 0 Å². The van der Waals surface area contributed by atoms with Gasteiger partial charge in [-0.25, -0.2) is 8.78 Å². The normalized spacial score (nSPS) is 23.7. The maximum atomic E-state index is 14.7. The molecular formula is C27H28F5NO4. The fourth-order valence-electron chi connectivity index (χ4n) is 5.26. The van der Waals surface area contributed by atoms with Crippen LogP contribution in [0.3, 0.4) is 0 Å². The molecule has 10 heteroatoms. The van der Waals surface area contributed by atoms with Crippen LogP contribution in [0.15, 0.2) is 42.5 Å². The number of alkyl halides is 3. The Morgan fingerprint density at radius 3 is 2.03 bits per heavy atom.